The third-order valence-corrected chi connectivity index (χ3v) is 3.89. The molecule has 1 unspecified atom stereocenters. The number of benzene rings is 1. The first-order valence-electron chi connectivity index (χ1n) is 7.13. The molecule has 0 aliphatic carbocycles. The molecule has 1 saturated heterocycles. The van der Waals surface area contributed by atoms with Gasteiger partial charge in [-0.3, -0.25) is 0 Å². The molecular formula is C16H25NO2. The number of nitrogens with zero attached hydrogens (tertiary/aromatic N) is 1. The van der Waals surface area contributed by atoms with Crippen molar-refractivity contribution in [1.82, 2.24) is 0 Å². The van der Waals surface area contributed by atoms with E-state index in [0.29, 0.717) is 0 Å². The average Bonchev–Trinajstić information content (AvgIpc) is 2.33. The first-order valence-corrected chi connectivity index (χ1v) is 7.13. The van der Waals surface area contributed by atoms with Gasteiger partial charge in [0.2, 0.25) is 0 Å². The highest BCUT2D eigenvalue weighted by atomic mass is 16.5. The molecule has 1 aliphatic rings. The van der Waals surface area contributed by atoms with Crippen LogP contribution in [0.25, 0.3) is 0 Å². The highest BCUT2D eigenvalue weighted by Crippen LogP contribution is 2.33. The smallest absolute Gasteiger partial charge is 0.119 e. The van der Waals surface area contributed by atoms with Crippen LogP contribution >= 0.6 is 0 Å². The second-order valence-electron chi connectivity index (χ2n) is 6.12. The van der Waals surface area contributed by atoms with E-state index in [9.17, 15) is 5.11 Å². The van der Waals surface area contributed by atoms with E-state index in [1.54, 1.807) is 0 Å². The van der Waals surface area contributed by atoms with E-state index in [4.69, 9.17) is 4.74 Å². The van der Waals surface area contributed by atoms with E-state index in [-0.39, 0.29) is 17.7 Å². The summed E-state index contributed by atoms with van der Waals surface area (Å²) in [6.07, 6.45) is 1.85. The van der Waals surface area contributed by atoms with E-state index < -0.39 is 0 Å². The highest BCUT2D eigenvalue weighted by Gasteiger charge is 2.37. The zero-order chi connectivity index (χ0) is 14.0. The Morgan fingerprint density at radius 1 is 1.26 bits per heavy atom. The summed E-state index contributed by atoms with van der Waals surface area (Å²) < 4.78 is 5.66. The number of aliphatic hydroxyl groups excluding tert-OH is 1. The molecule has 3 heteroatoms. The first kappa shape index (κ1) is 14.2. The fourth-order valence-corrected chi connectivity index (χ4v) is 2.70. The topological polar surface area (TPSA) is 32.7 Å². The van der Waals surface area contributed by atoms with Crippen LogP contribution in [-0.2, 0) is 0 Å². The summed E-state index contributed by atoms with van der Waals surface area (Å²) in [6, 6.07) is 8.17. The van der Waals surface area contributed by atoms with Gasteiger partial charge in [0, 0.05) is 12.2 Å². The second kappa shape index (κ2) is 5.41. The zero-order valence-electron chi connectivity index (χ0n) is 12.4. The molecule has 0 amide bonds. The number of piperidine rings is 1. The van der Waals surface area contributed by atoms with Crippen molar-refractivity contribution in [2.45, 2.75) is 58.3 Å². The molecule has 1 aromatic carbocycles. The van der Waals surface area contributed by atoms with Crippen molar-refractivity contribution in [2.24, 2.45) is 0 Å². The summed E-state index contributed by atoms with van der Waals surface area (Å²) in [5.74, 6) is 0.897. The lowest BCUT2D eigenvalue weighted by Crippen LogP contribution is -2.56. The minimum absolute atomic E-state index is 0.194. The van der Waals surface area contributed by atoms with Crippen LogP contribution in [-0.4, -0.2) is 29.4 Å². The largest absolute Gasteiger partial charge is 0.491 e. The Bertz CT molecular complexity index is 411. The predicted molar refractivity (Wildman–Crippen MR) is 78.9 cm³/mol. The van der Waals surface area contributed by atoms with Gasteiger partial charge in [-0.05, 0) is 64.8 Å². The lowest BCUT2D eigenvalue weighted by molar-refractivity contribution is 0.0711. The van der Waals surface area contributed by atoms with Crippen LogP contribution in [0.4, 0.5) is 5.69 Å². The number of hydrogen-bond acceptors (Lipinski definition) is 3. The van der Waals surface area contributed by atoms with Gasteiger partial charge in [-0.1, -0.05) is 0 Å². The van der Waals surface area contributed by atoms with Crippen LogP contribution in [0.1, 0.15) is 40.5 Å². The number of ether oxygens (including phenoxy) is 1. The van der Waals surface area contributed by atoms with Gasteiger partial charge in [-0.25, -0.2) is 0 Å². The van der Waals surface area contributed by atoms with Gasteiger partial charge in [0.05, 0.1) is 17.7 Å². The maximum absolute atomic E-state index is 10.2. The predicted octanol–water partition coefficient (Wildman–Crippen LogP) is 3.21. The van der Waals surface area contributed by atoms with Crippen LogP contribution in [0.3, 0.4) is 0 Å². The van der Waals surface area contributed by atoms with Crippen LogP contribution in [0.15, 0.2) is 24.3 Å². The quantitative estimate of drug-likeness (QED) is 0.909. The Labute approximate surface area is 116 Å². The number of rotatable bonds is 3. The van der Waals surface area contributed by atoms with Gasteiger partial charge >= 0.3 is 0 Å². The van der Waals surface area contributed by atoms with E-state index in [1.165, 1.54) is 0 Å². The second-order valence-corrected chi connectivity index (χ2v) is 6.12. The molecular weight excluding hydrogens is 238 g/mol. The lowest BCUT2D eigenvalue weighted by atomic mass is 9.87. The molecule has 0 radical (unpaired) electrons. The van der Waals surface area contributed by atoms with Gasteiger partial charge in [0.15, 0.2) is 0 Å². The van der Waals surface area contributed by atoms with Crippen molar-refractivity contribution < 1.29 is 9.84 Å². The first-order chi connectivity index (χ1) is 8.91. The van der Waals surface area contributed by atoms with Gasteiger partial charge in [-0.2, -0.15) is 0 Å². The Morgan fingerprint density at radius 2 is 1.89 bits per heavy atom. The van der Waals surface area contributed by atoms with Crippen molar-refractivity contribution in [2.75, 3.05) is 11.4 Å². The Hall–Kier alpha value is -1.22. The summed E-state index contributed by atoms with van der Waals surface area (Å²) >= 11 is 0. The van der Waals surface area contributed by atoms with E-state index in [1.807, 2.05) is 26.0 Å². The lowest BCUT2D eigenvalue weighted by Gasteiger charge is -2.47. The third-order valence-electron chi connectivity index (χ3n) is 3.89. The fourth-order valence-electron chi connectivity index (χ4n) is 2.70. The van der Waals surface area contributed by atoms with Crippen molar-refractivity contribution in [3.05, 3.63) is 24.3 Å². The molecule has 1 N–H and O–H groups in total. The molecule has 19 heavy (non-hydrogen) atoms. The van der Waals surface area contributed by atoms with Crippen LogP contribution in [0, 0.1) is 0 Å². The van der Waals surface area contributed by atoms with E-state index >= 15 is 0 Å². The van der Waals surface area contributed by atoms with Crippen LogP contribution < -0.4 is 9.64 Å². The van der Waals surface area contributed by atoms with Crippen molar-refractivity contribution in [3.63, 3.8) is 0 Å². The maximum Gasteiger partial charge on any atom is 0.119 e. The molecule has 0 bridgehead atoms. The summed E-state index contributed by atoms with van der Waals surface area (Å²) in [5.41, 5.74) is 0.943. The van der Waals surface area contributed by atoms with Crippen molar-refractivity contribution in [3.8, 4) is 5.75 Å². The van der Waals surface area contributed by atoms with Gasteiger partial charge in [0.25, 0.3) is 0 Å². The van der Waals surface area contributed by atoms with E-state index in [2.05, 4.69) is 30.9 Å². The Morgan fingerprint density at radius 3 is 2.47 bits per heavy atom. The Kier molecular flexibility index (Phi) is 4.04. The van der Waals surface area contributed by atoms with Crippen LogP contribution in [0.5, 0.6) is 5.75 Å². The normalized spacial score (nSPS) is 22.6. The average molecular weight is 263 g/mol. The summed E-state index contributed by atoms with van der Waals surface area (Å²) in [6.45, 7) is 9.26. The molecule has 106 valence electrons. The van der Waals surface area contributed by atoms with Crippen LogP contribution in [0.2, 0.25) is 0 Å². The van der Waals surface area contributed by atoms with E-state index in [0.717, 1.165) is 30.8 Å². The standard InChI is InChI=1S/C16H25NO2/c1-12(2)19-14-9-7-13(8-10-14)17-11-5-6-15(18)16(17,3)4/h7-10,12,15,18H,5-6,11H2,1-4H3. The van der Waals surface area contributed by atoms with Gasteiger partial charge < -0.3 is 14.7 Å². The SMILES string of the molecule is CC(C)Oc1ccc(N2CCCC(O)C2(C)C)cc1. The minimum atomic E-state index is -0.271. The molecule has 1 heterocycles. The van der Waals surface area contributed by atoms with Gasteiger partial charge in [-0.15, -0.1) is 0 Å². The fraction of sp³-hybridized carbons (Fsp3) is 0.625. The summed E-state index contributed by atoms with van der Waals surface area (Å²) in [7, 11) is 0. The number of aliphatic hydroxyl groups is 1. The summed E-state index contributed by atoms with van der Waals surface area (Å²) in [4.78, 5) is 2.29. The monoisotopic (exact) mass is 263 g/mol. The molecule has 1 aromatic rings. The highest BCUT2D eigenvalue weighted by molar-refractivity contribution is 5.52. The van der Waals surface area contributed by atoms with Crippen molar-refractivity contribution in [1.29, 1.82) is 0 Å². The molecule has 2 rings (SSSR count). The molecule has 1 atom stereocenters. The van der Waals surface area contributed by atoms with Gasteiger partial charge in [0.1, 0.15) is 5.75 Å². The molecule has 0 spiro atoms. The molecule has 3 nitrogen and oxygen atoms in total. The number of hydrogen-bond donors (Lipinski definition) is 1. The summed E-state index contributed by atoms with van der Waals surface area (Å²) in [5, 5.41) is 10.2. The maximum atomic E-state index is 10.2. The minimum Gasteiger partial charge on any atom is -0.491 e. The molecule has 0 aromatic heterocycles. The number of anilines is 1. The zero-order valence-corrected chi connectivity index (χ0v) is 12.4. The Balaban J connectivity index is 2.17. The third kappa shape index (κ3) is 3.03. The molecule has 0 saturated carbocycles. The molecule has 1 fully saturated rings. The van der Waals surface area contributed by atoms with Crippen molar-refractivity contribution >= 4 is 5.69 Å². The molecule has 1 aliphatic heterocycles.